The summed E-state index contributed by atoms with van der Waals surface area (Å²) in [7, 11) is 0. The number of nitrogens with two attached hydrogens (primary N) is 1. The second kappa shape index (κ2) is 5.57. The van der Waals surface area contributed by atoms with E-state index in [4.69, 9.17) is 5.73 Å². The number of nitrogen functional groups attached to an aromatic ring is 1. The van der Waals surface area contributed by atoms with Gasteiger partial charge in [-0.2, -0.15) is 0 Å². The fourth-order valence-corrected chi connectivity index (χ4v) is 1.89. The number of hydrogen-bond donors (Lipinski definition) is 2. The van der Waals surface area contributed by atoms with E-state index in [1.807, 2.05) is 37.3 Å². The highest BCUT2D eigenvalue weighted by molar-refractivity contribution is 6.07. The van der Waals surface area contributed by atoms with Crippen LogP contribution in [0.1, 0.15) is 28.4 Å². The Morgan fingerprint density at radius 1 is 1.16 bits per heavy atom. The molecule has 0 heterocycles. The zero-order chi connectivity index (χ0) is 13.8. The minimum absolute atomic E-state index is 0.176. The van der Waals surface area contributed by atoms with E-state index in [0.717, 1.165) is 17.7 Å². The molecule has 3 N–H and O–H groups in total. The van der Waals surface area contributed by atoms with E-state index >= 15 is 0 Å². The molecule has 2 aromatic rings. The molecule has 19 heavy (non-hydrogen) atoms. The van der Waals surface area contributed by atoms with Crippen LogP contribution in [0.4, 0.5) is 11.4 Å². The van der Waals surface area contributed by atoms with Crippen molar-refractivity contribution in [2.24, 2.45) is 0 Å². The number of carbonyl (C=O) groups is 1. The van der Waals surface area contributed by atoms with Crippen molar-refractivity contribution in [2.75, 3.05) is 11.1 Å². The Morgan fingerprint density at radius 3 is 2.47 bits per heavy atom. The summed E-state index contributed by atoms with van der Waals surface area (Å²) in [5, 5.41) is 2.86. The average molecular weight is 254 g/mol. The van der Waals surface area contributed by atoms with Crippen LogP contribution in [0.2, 0.25) is 0 Å². The molecule has 0 bridgehead atoms. The minimum atomic E-state index is -0.176. The van der Waals surface area contributed by atoms with Crippen LogP contribution in [0.25, 0.3) is 0 Å². The summed E-state index contributed by atoms with van der Waals surface area (Å²) in [4.78, 5) is 12.2. The molecule has 1 amide bonds. The molecule has 2 aromatic carbocycles. The van der Waals surface area contributed by atoms with Gasteiger partial charge in [-0.1, -0.05) is 30.7 Å². The zero-order valence-electron chi connectivity index (χ0n) is 11.2. The lowest BCUT2D eigenvalue weighted by Gasteiger charge is -2.09. The number of hydrogen-bond acceptors (Lipinski definition) is 2. The molecule has 0 radical (unpaired) electrons. The highest BCUT2D eigenvalue weighted by Crippen LogP contribution is 2.17. The van der Waals surface area contributed by atoms with Gasteiger partial charge in [-0.15, -0.1) is 0 Å². The van der Waals surface area contributed by atoms with Crippen LogP contribution in [-0.4, -0.2) is 5.91 Å². The van der Waals surface area contributed by atoms with Crippen molar-refractivity contribution >= 4 is 17.3 Å². The third-order valence-corrected chi connectivity index (χ3v) is 3.07. The second-order valence-electron chi connectivity index (χ2n) is 4.60. The Kier molecular flexibility index (Phi) is 3.85. The van der Waals surface area contributed by atoms with Crippen LogP contribution in [0, 0.1) is 6.92 Å². The fourth-order valence-electron chi connectivity index (χ4n) is 1.89. The Bertz CT molecular complexity index is 588. The van der Waals surface area contributed by atoms with Crippen LogP contribution in [0.3, 0.4) is 0 Å². The average Bonchev–Trinajstić information content (AvgIpc) is 2.42. The van der Waals surface area contributed by atoms with E-state index in [1.165, 1.54) is 5.56 Å². The predicted molar refractivity (Wildman–Crippen MR) is 79.4 cm³/mol. The number of rotatable bonds is 3. The second-order valence-corrected chi connectivity index (χ2v) is 4.60. The Balaban J connectivity index is 2.18. The molecule has 0 atom stereocenters. The van der Waals surface area contributed by atoms with Crippen molar-refractivity contribution in [2.45, 2.75) is 20.3 Å². The maximum atomic E-state index is 12.2. The third-order valence-electron chi connectivity index (χ3n) is 3.07. The molecule has 0 aromatic heterocycles. The molecule has 0 spiro atoms. The maximum Gasteiger partial charge on any atom is 0.257 e. The monoisotopic (exact) mass is 254 g/mol. The molecule has 0 aliphatic carbocycles. The van der Waals surface area contributed by atoms with Crippen molar-refractivity contribution in [3.63, 3.8) is 0 Å². The van der Waals surface area contributed by atoms with Gasteiger partial charge in [0, 0.05) is 11.4 Å². The first kappa shape index (κ1) is 13.1. The summed E-state index contributed by atoms with van der Waals surface area (Å²) in [5.41, 5.74) is 9.87. The summed E-state index contributed by atoms with van der Waals surface area (Å²) < 4.78 is 0. The van der Waals surface area contributed by atoms with E-state index in [-0.39, 0.29) is 5.91 Å². The highest BCUT2D eigenvalue weighted by Gasteiger charge is 2.10. The number of benzene rings is 2. The molecule has 2 rings (SSSR count). The van der Waals surface area contributed by atoms with Gasteiger partial charge in [0.1, 0.15) is 0 Å². The van der Waals surface area contributed by atoms with Gasteiger partial charge in [0.25, 0.3) is 5.91 Å². The third kappa shape index (κ3) is 3.13. The number of carbonyl (C=O) groups excluding carboxylic acids is 1. The van der Waals surface area contributed by atoms with Crippen LogP contribution >= 0.6 is 0 Å². The first-order chi connectivity index (χ1) is 9.10. The summed E-state index contributed by atoms with van der Waals surface area (Å²) in [5.74, 6) is -0.176. The topological polar surface area (TPSA) is 55.1 Å². The van der Waals surface area contributed by atoms with Gasteiger partial charge in [0.05, 0.1) is 5.56 Å². The van der Waals surface area contributed by atoms with Crippen LogP contribution in [0.15, 0.2) is 42.5 Å². The summed E-state index contributed by atoms with van der Waals surface area (Å²) in [6, 6.07) is 13.3. The van der Waals surface area contributed by atoms with Gasteiger partial charge in [-0.3, -0.25) is 4.79 Å². The highest BCUT2D eigenvalue weighted by atomic mass is 16.1. The van der Waals surface area contributed by atoms with E-state index in [1.54, 1.807) is 12.1 Å². The van der Waals surface area contributed by atoms with Crippen LogP contribution < -0.4 is 11.1 Å². The van der Waals surface area contributed by atoms with Crippen molar-refractivity contribution < 1.29 is 4.79 Å². The molecule has 3 nitrogen and oxygen atoms in total. The van der Waals surface area contributed by atoms with Gasteiger partial charge in [-0.25, -0.2) is 0 Å². The lowest BCUT2D eigenvalue weighted by Crippen LogP contribution is -2.14. The van der Waals surface area contributed by atoms with Gasteiger partial charge in [0.15, 0.2) is 0 Å². The number of amides is 1. The fraction of sp³-hybridized carbons (Fsp3) is 0.188. The quantitative estimate of drug-likeness (QED) is 0.825. The molecule has 3 heteroatoms. The molecule has 98 valence electrons. The molecule has 0 aliphatic rings. The zero-order valence-corrected chi connectivity index (χ0v) is 11.2. The van der Waals surface area contributed by atoms with Gasteiger partial charge in [-0.05, 0) is 43.2 Å². The molecule has 0 fully saturated rings. The Hall–Kier alpha value is -2.29. The number of aryl methyl sites for hydroxylation is 2. The van der Waals surface area contributed by atoms with E-state index in [9.17, 15) is 4.79 Å². The van der Waals surface area contributed by atoms with E-state index in [2.05, 4.69) is 12.2 Å². The molecule has 0 saturated heterocycles. The number of nitrogens with one attached hydrogen (secondary N) is 1. The normalized spacial score (nSPS) is 10.2. The largest absolute Gasteiger partial charge is 0.398 e. The number of anilines is 2. The Morgan fingerprint density at radius 2 is 1.84 bits per heavy atom. The smallest absolute Gasteiger partial charge is 0.257 e. The van der Waals surface area contributed by atoms with Crippen LogP contribution in [0.5, 0.6) is 0 Å². The van der Waals surface area contributed by atoms with Gasteiger partial charge in [0.2, 0.25) is 0 Å². The molecule has 0 aliphatic heterocycles. The van der Waals surface area contributed by atoms with Gasteiger partial charge >= 0.3 is 0 Å². The van der Waals surface area contributed by atoms with E-state index in [0.29, 0.717) is 11.3 Å². The summed E-state index contributed by atoms with van der Waals surface area (Å²) in [6.07, 6.45) is 0.985. The minimum Gasteiger partial charge on any atom is -0.398 e. The van der Waals surface area contributed by atoms with Crippen molar-refractivity contribution in [3.05, 3.63) is 59.2 Å². The maximum absolute atomic E-state index is 12.2. The molecular weight excluding hydrogens is 236 g/mol. The molecule has 0 unspecified atom stereocenters. The van der Waals surface area contributed by atoms with Gasteiger partial charge < -0.3 is 11.1 Å². The molecule has 0 saturated carbocycles. The van der Waals surface area contributed by atoms with Crippen LogP contribution in [-0.2, 0) is 6.42 Å². The predicted octanol–water partition coefficient (Wildman–Crippen LogP) is 3.39. The van der Waals surface area contributed by atoms with E-state index < -0.39 is 0 Å². The lowest BCUT2D eigenvalue weighted by molar-refractivity contribution is 0.102. The summed E-state index contributed by atoms with van der Waals surface area (Å²) >= 11 is 0. The standard InChI is InChI=1S/C16H18N2O/c1-3-12-5-7-13(8-6-12)18-16(19)14-10-11(2)4-9-15(14)17/h4-10H,3,17H2,1-2H3,(H,18,19). The first-order valence-corrected chi connectivity index (χ1v) is 6.36. The first-order valence-electron chi connectivity index (χ1n) is 6.36. The SMILES string of the molecule is CCc1ccc(NC(=O)c2cc(C)ccc2N)cc1. The summed E-state index contributed by atoms with van der Waals surface area (Å²) in [6.45, 7) is 4.04. The molecular formula is C16H18N2O. The van der Waals surface area contributed by atoms with Crippen molar-refractivity contribution in [1.29, 1.82) is 0 Å². The van der Waals surface area contributed by atoms with Crippen molar-refractivity contribution in [3.8, 4) is 0 Å². The lowest BCUT2D eigenvalue weighted by atomic mass is 10.1. The van der Waals surface area contributed by atoms with Crippen molar-refractivity contribution in [1.82, 2.24) is 0 Å². The Labute approximate surface area is 113 Å².